The molecule has 9 nitrogen and oxygen atoms in total. The van der Waals surface area contributed by atoms with Gasteiger partial charge in [0.25, 0.3) is 0 Å². The van der Waals surface area contributed by atoms with Crippen molar-refractivity contribution in [3.63, 3.8) is 0 Å². The lowest BCUT2D eigenvalue weighted by Gasteiger charge is -2.26. The van der Waals surface area contributed by atoms with Crippen LogP contribution in [0.3, 0.4) is 0 Å². The molecule has 1 aliphatic carbocycles. The minimum absolute atomic E-state index is 0.00289. The minimum Gasteiger partial charge on any atom is -0.490 e. The molecule has 1 amide bonds. The Kier molecular flexibility index (Phi) is 6.29. The summed E-state index contributed by atoms with van der Waals surface area (Å²) in [5.41, 5.74) is 1.05. The van der Waals surface area contributed by atoms with Crippen LogP contribution in [-0.4, -0.2) is 33.3 Å². The number of halogens is 1. The number of carboxylic acids is 1. The Morgan fingerprint density at radius 3 is 2.28 bits per heavy atom. The Morgan fingerprint density at radius 2 is 1.62 bits per heavy atom. The lowest BCUT2D eigenvalue weighted by molar-refractivity contribution is -0.143. The molecule has 1 aliphatic rings. The summed E-state index contributed by atoms with van der Waals surface area (Å²) in [5.74, 6) is -1.57. The summed E-state index contributed by atoms with van der Waals surface area (Å²) in [6.07, 6.45) is 2.59. The molecule has 1 aromatic heterocycles. The van der Waals surface area contributed by atoms with E-state index in [1.807, 2.05) is 0 Å². The maximum absolute atomic E-state index is 13.0. The van der Waals surface area contributed by atoms with E-state index in [2.05, 4.69) is 20.8 Å². The van der Waals surface area contributed by atoms with Crippen LogP contribution < -0.4 is 15.4 Å². The summed E-state index contributed by atoms with van der Waals surface area (Å²) in [5, 5.41) is 22.0. The van der Waals surface area contributed by atoms with E-state index >= 15 is 0 Å². The van der Waals surface area contributed by atoms with E-state index < -0.39 is 11.9 Å². The highest BCUT2D eigenvalue weighted by Gasteiger charge is 2.26. The number of rotatable bonds is 7. The Bertz CT molecular complexity index is 1080. The zero-order valence-electron chi connectivity index (χ0n) is 17.0. The molecule has 4 rings (SSSR count). The van der Waals surface area contributed by atoms with Crippen molar-refractivity contribution in [1.82, 2.24) is 10.2 Å². The number of nitrogens with zero attached hydrogens (tertiary/aromatic N) is 2. The molecule has 3 aromatic rings. The van der Waals surface area contributed by atoms with Crippen molar-refractivity contribution in [2.75, 3.05) is 10.6 Å². The maximum atomic E-state index is 13.0. The van der Waals surface area contributed by atoms with Gasteiger partial charge >= 0.3 is 23.8 Å². The summed E-state index contributed by atoms with van der Waals surface area (Å²) >= 11 is 0. The zero-order chi connectivity index (χ0) is 22.5. The van der Waals surface area contributed by atoms with Gasteiger partial charge in [-0.1, -0.05) is 5.10 Å². The molecule has 0 bridgehead atoms. The van der Waals surface area contributed by atoms with E-state index in [0.717, 1.165) is 0 Å². The Hall–Kier alpha value is -3.95. The first kappa shape index (κ1) is 21.3. The fourth-order valence-corrected chi connectivity index (χ4v) is 3.44. The van der Waals surface area contributed by atoms with Crippen molar-refractivity contribution in [1.29, 1.82) is 0 Å². The second kappa shape index (κ2) is 9.46. The van der Waals surface area contributed by atoms with Crippen molar-refractivity contribution in [3.8, 4) is 5.75 Å². The maximum Gasteiger partial charge on any atom is 0.320 e. The molecule has 0 radical (unpaired) electrons. The molecule has 10 heteroatoms. The molecule has 0 spiro atoms. The molecule has 2 aromatic carbocycles. The highest BCUT2D eigenvalue weighted by Crippen LogP contribution is 2.28. The number of nitrogens with one attached hydrogen (secondary N) is 2. The summed E-state index contributed by atoms with van der Waals surface area (Å²) in [7, 11) is 0. The standard InChI is InChI=1S/C22H21FN4O5/c23-14-3-5-16(6-4-14)25-22-27-26-20(32-22)19(28)24-15-7-11-18(12-8-15)31-17-9-1-13(2-10-17)21(29)30/h3-8,11-13,17H,1-2,9-10H2,(H,24,28)(H,25,27)(H,29,30). The average molecular weight is 440 g/mol. The first-order chi connectivity index (χ1) is 15.5. The van der Waals surface area contributed by atoms with E-state index in [9.17, 15) is 14.0 Å². The number of aromatic nitrogens is 2. The smallest absolute Gasteiger partial charge is 0.320 e. The summed E-state index contributed by atoms with van der Waals surface area (Å²) < 4.78 is 24.2. The van der Waals surface area contributed by atoms with Crippen LogP contribution >= 0.6 is 0 Å². The predicted octanol–water partition coefficient (Wildman–Crippen LogP) is 4.23. The van der Waals surface area contributed by atoms with Gasteiger partial charge in [0.05, 0.1) is 12.0 Å². The van der Waals surface area contributed by atoms with Gasteiger partial charge in [-0.3, -0.25) is 9.59 Å². The molecule has 0 unspecified atom stereocenters. The number of carbonyl (C=O) groups is 2. The molecule has 3 N–H and O–H groups in total. The third-order valence-electron chi connectivity index (χ3n) is 5.15. The summed E-state index contributed by atoms with van der Waals surface area (Å²) in [4.78, 5) is 23.4. The van der Waals surface area contributed by atoms with Crippen LogP contribution in [0.15, 0.2) is 52.9 Å². The van der Waals surface area contributed by atoms with Crippen LogP contribution in [0.25, 0.3) is 0 Å². The molecule has 1 saturated carbocycles. The molecular formula is C22H21FN4O5. The number of anilines is 3. The van der Waals surface area contributed by atoms with Gasteiger partial charge in [0.15, 0.2) is 0 Å². The monoisotopic (exact) mass is 440 g/mol. The third kappa shape index (κ3) is 5.39. The van der Waals surface area contributed by atoms with Gasteiger partial charge in [-0.25, -0.2) is 4.39 Å². The normalized spacial score (nSPS) is 18.0. The van der Waals surface area contributed by atoms with Crippen LogP contribution in [0.2, 0.25) is 0 Å². The molecule has 32 heavy (non-hydrogen) atoms. The van der Waals surface area contributed by atoms with E-state index in [-0.39, 0.29) is 29.7 Å². The van der Waals surface area contributed by atoms with Gasteiger partial charge in [-0.2, -0.15) is 0 Å². The van der Waals surface area contributed by atoms with Gasteiger partial charge in [0.1, 0.15) is 11.6 Å². The lowest BCUT2D eigenvalue weighted by Crippen LogP contribution is -2.27. The molecule has 0 atom stereocenters. The van der Waals surface area contributed by atoms with E-state index in [4.69, 9.17) is 14.3 Å². The third-order valence-corrected chi connectivity index (χ3v) is 5.15. The largest absolute Gasteiger partial charge is 0.490 e. The molecule has 0 aliphatic heterocycles. The number of benzene rings is 2. The molecular weight excluding hydrogens is 419 g/mol. The fraction of sp³-hybridized carbons (Fsp3) is 0.273. The average Bonchev–Trinajstić information content (AvgIpc) is 3.26. The highest BCUT2D eigenvalue weighted by molar-refractivity contribution is 6.00. The number of ether oxygens (including phenoxy) is 1. The number of amides is 1. The highest BCUT2D eigenvalue weighted by atomic mass is 19.1. The Morgan fingerprint density at radius 1 is 0.969 bits per heavy atom. The van der Waals surface area contributed by atoms with Gasteiger partial charge in [-0.15, -0.1) is 5.10 Å². The topological polar surface area (TPSA) is 127 Å². The van der Waals surface area contributed by atoms with Crippen LogP contribution in [-0.2, 0) is 4.79 Å². The lowest BCUT2D eigenvalue weighted by atomic mass is 9.87. The molecule has 1 fully saturated rings. The SMILES string of the molecule is O=C(Nc1ccc(OC2CCC(C(=O)O)CC2)cc1)c1nnc(Nc2ccc(F)cc2)o1. The van der Waals surface area contributed by atoms with Crippen molar-refractivity contribution in [2.45, 2.75) is 31.8 Å². The Labute approximate surface area is 182 Å². The van der Waals surface area contributed by atoms with E-state index in [0.29, 0.717) is 42.8 Å². The van der Waals surface area contributed by atoms with Crippen molar-refractivity contribution >= 4 is 29.3 Å². The van der Waals surface area contributed by atoms with Gasteiger partial charge in [0, 0.05) is 11.4 Å². The van der Waals surface area contributed by atoms with Gasteiger partial charge in [0.2, 0.25) is 0 Å². The van der Waals surface area contributed by atoms with Crippen molar-refractivity contribution in [2.24, 2.45) is 5.92 Å². The molecule has 166 valence electrons. The number of hydrogen-bond acceptors (Lipinski definition) is 7. The van der Waals surface area contributed by atoms with Gasteiger partial charge < -0.3 is 24.9 Å². The number of carbonyl (C=O) groups excluding carboxylic acids is 1. The second-order valence-electron chi connectivity index (χ2n) is 7.45. The second-order valence-corrected chi connectivity index (χ2v) is 7.45. The fourth-order valence-electron chi connectivity index (χ4n) is 3.44. The molecule has 0 saturated heterocycles. The predicted molar refractivity (Wildman–Crippen MR) is 112 cm³/mol. The van der Waals surface area contributed by atoms with E-state index in [1.54, 1.807) is 24.3 Å². The van der Waals surface area contributed by atoms with Crippen molar-refractivity contribution < 1.29 is 28.2 Å². The molecule has 1 heterocycles. The van der Waals surface area contributed by atoms with Crippen LogP contribution in [0.4, 0.5) is 21.8 Å². The summed E-state index contributed by atoms with van der Waals surface area (Å²) in [6, 6.07) is 12.4. The van der Waals surface area contributed by atoms with Crippen molar-refractivity contribution in [3.05, 3.63) is 60.2 Å². The van der Waals surface area contributed by atoms with Crippen LogP contribution in [0.1, 0.15) is 36.4 Å². The summed E-state index contributed by atoms with van der Waals surface area (Å²) in [6.45, 7) is 0. The zero-order valence-corrected chi connectivity index (χ0v) is 17.0. The number of hydrogen-bond donors (Lipinski definition) is 3. The minimum atomic E-state index is -0.747. The van der Waals surface area contributed by atoms with E-state index in [1.165, 1.54) is 24.3 Å². The van der Waals surface area contributed by atoms with Crippen LogP contribution in [0.5, 0.6) is 5.75 Å². The first-order valence-corrected chi connectivity index (χ1v) is 10.1. The van der Waals surface area contributed by atoms with Crippen LogP contribution in [0, 0.1) is 11.7 Å². The quantitative estimate of drug-likeness (QED) is 0.498. The number of aliphatic carboxylic acids is 1. The first-order valence-electron chi connectivity index (χ1n) is 10.1. The van der Waals surface area contributed by atoms with Gasteiger partial charge in [-0.05, 0) is 74.2 Å². The number of carboxylic acid groups (broad SMARTS) is 1. The Balaban J connectivity index is 1.29.